The fourth-order valence-corrected chi connectivity index (χ4v) is 3.55. The van der Waals surface area contributed by atoms with E-state index in [-0.39, 0.29) is 24.9 Å². The third-order valence-electron chi connectivity index (χ3n) is 4.87. The Kier molecular flexibility index (Phi) is 8.57. The lowest BCUT2D eigenvalue weighted by atomic mass is 9.80. The lowest BCUT2D eigenvalue weighted by molar-refractivity contribution is -0.188. The molecule has 0 spiro atoms. The van der Waals surface area contributed by atoms with Gasteiger partial charge in [-0.2, -0.15) is 0 Å². The minimum absolute atomic E-state index is 0.0354. The Morgan fingerprint density at radius 1 is 1.29 bits per heavy atom. The normalized spacial score (nSPS) is 20.7. The first-order chi connectivity index (χ1) is 11.2. The van der Waals surface area contributed by atoms with Crippen LogP contribution in [-0.4, -0.2) is 35.8 Å². The standard InChI is InChI=1S/C18H33F2NO3/c1-4-24-17(23)14(10-12(2)3)18(19,20)16(22)15(21)11-13-8-6-5-7-9-13/h12-16,22H,4-11,21H2,1-3H3/t14-,15-,16-/m1/s1. The van der Waals surface area contributed by atoms with Crippen LogP contribution in [0.1, 0.15) is 65.7 Å². The topological polar surface area (TPSA) is 72.5 Å². The minimum Gasteiger partial charge on any atom is -0.466 e. The highest BCUT2D eigenvalue weighted by molar-refractivity contribution is 5.73. The molecule has 24 heavy (non-hydrogen) atoms. The van der Waals surface area contributed by atoms with Crippen LogP contribution < -0.4 is 5.73 Å². The van der Waals surface area contributed by atoms with E-state index in [9.17, 15) is 18.7 Å². The van der Waals surface area contributed by atoms with E-state index >= 15 is 0 Å². The molecule has 142 valence electrons. The maximum atomic E-state index is 14.8. The first-order valence-corrected chi connectivity index (χ1v) is 9.18. The second kappa shape index (κ2) is 9.66. The SMILES string of the molecule is CCOC(=O)[C@@H](CC(C)C)C(F)(F)[C@H](O)[C@H](N)CC1CCCCC1. The van der Waals surface area contributed by atoms with Crippen LogP contribution in [0.3, 0.4) is 0 Å². The molecule has 0 aliphatic heterocycles. The number of esters is 1. The average molecular weight is 349 g/mol. The van der Waals surface area contributed by atoms with Crippen molar-refractivity contribution >= 4 is 5.97 Å². The Bertz CT molecular complexity index is 384. The summed E-state index contributed by atoms with van der Waals surface area (Å²) in [6.45, 7) is 5.13. The second-order valence-electron chi connectivity index (χ2n) is 7.46. The number of carbonyl (C=O) groups is 1. The van der Waals surface area contributed by atoms with E-state index < -0.39 is 30.0 Å². The summed E-state index contributed by atoms with van der Waals surface area (Å²) in [5.74, 6) is -6.05. The van der Waals surface area contributed by atoms with Crippen LogP contribution in [0.25, 0.3) is 0 Å². The van der Waals surface area contributed by atoms with Gasteiger partial charge in [0, 0.05) is 6.04 Å². The van der Waals surface area contributed by atoms with Crippen molar-refractivity contribution in [3.05, 3.63) is 0 Å². The third kappa shape index (κ3) is 5.96. The average Bonchev–Trinajstić information content (AvgIpc) is 2.52. The van der Waals surface area contributed by atoms with E-state index in [1.807, 2.05) is 0 Å². The molecule has 0 heterocycles. The van der Waals surface area contributed by atoms with Gasteiger partial charge in [-0.3, -0.25) is 4.79 Å². The Morgan fingerprint density at radius 2 is 1.88 bits per heavy atom. The van der Waals surface area contributed by atoms with Gasteiger partial charge in [0.25, 0.3) is 5.92 Å². The zero-order chi connectivity index (χ0) is 18.3. The van der Waals surface area contributed by atoms with Gasteiger partial charge in [0.05, 0.1) is 6.61 Å². The van der Waals surface area contributed by atoms with Crippen molar-refractivity contribution in [3.63, 3.8) is 0 Å². The fourth-order valence-electron chi connectivity index (χ4n) is 3.55. The number of halogens is 2. The summed E-state index contributed by atoms with van der Waals surface area (Å²) in [7, 11) is 0. The molecule has 1 rings (SSSR count). The van der Waals surface area contributed by atoms with E-state index in [2.05, 4.69) is 0 Å². The van der Waals surface area contributed by atoms with E-state index in [4.69, 9.17) is 10.5 Å². The number of hydrogen-bond donors (Lipinski definition) is 2. The van der Waals surface area contributed by atoms with Crippen molar-refractivity contribution < 1.29 is 23.4 Å². The monoisotopic (exact) mass is 349 g/mol. The number of nitrogens with two attached hydrogens (primary N) is 1. The third-order valence-corrected chi connectivity index (χ3v) is 4.87. The van der Waals surface area contributed by atoms with Crippen molar-refractivity contribution in [3.8, 4) is 0 Å². The molecular formula is C18H33F2NO3. The molecule has 3 atom stereocenters. The molecule has 1 aliphatic carbocycles. The molecule has 0 radical (unpaired) electrons. The number of carbonyl (C=O) groups excluding carboxylic acids is 1. The molecule has 0 aromatic rings. The number of rotatable bonds is 9. The van der Waals surface area contributed by atoms with Crippen LogP contribution in [-0.2, 0) is 9.53 Å². The van der Waals surface area contributed by atoms with E-state index in [1.165, 1.54) is 6.42 Å². The van der Waals surface area contributed by atoms with Crippen LogP contribution in [0.15, 0.2) is 0 Å². The highest BCUT2D eigenvalue weighted by Gasteiger charge is 2.53. The van der Waals surface area contributed by atoms with Gasteiger partial charge in [-0.05, 0) is 31.6 Å². The molecule has 1 fully saturated rings. The molecule has 1 saturated carbocycles. The van der Waals surface area contributed by atoms with Crippen LogP contribution in [0.5, 0.6) is 0 Å². The summed E-state index contributed by atoms with van der Waals surface area (Å²) in [5, 5.41) is 10.2. The maximum Gasteiger partial charge on any atom is 0.315 e. The van der Waals surface area contributed by atoms with Gasteiger partial charge < -0.3 is 15.6 Å². The molecule has 4 nitrogen and oxygen atoms in total. The summed E-state index contributed by atoms with van der Waals surface area (Å²) in [4.78, 5) is 12.0. The predicted octanol–water partition coefficient (Wildman–Crippen LogP) is 3.51. The van der Waals surface area contributed by atoms with Crippen molar-refractivity contribution in [1.29, 1.82) is 0 Å². The van der Waals surface area contributed by atoms with E-state index in [0.29, 0.717) is 6.42 Å². The molecule has 1 aliphatic rings. The molecular weight excluding hydrogens is 316 g/mol. The molecule has 6 heteroatoms. The lowest BCUT2D eigenvalue weighted by Gasteiger charge is -2.34. The number of alkyl halides is 2. The highest BCUT2D eigenvalue weighted by atomic mass is 19.3. The summed E-state index contributed by atoms with van der Waals surface area (Å²) in [6, 6.07) is -1.04. The van der Waals surface area contributed by atoms with Gasteiger partial charge in [0.1, 0.15) is 12.0 Å². The van der Waals surface area contributed by atoms with Crippen LogP contribution in [0.4, 0.5) is 8.78 Å². The van der Waals surface area contributed by atoms with Crippen LogP contribution >= 0.6 is 0 Å². The number of aliphatic hydroxyl groups is 1. The lowest BCUT2D eigenvalue weighted by Crippen LogP contribution is -2.54. The Balaban J connectivity index is 2.79. The molecule has 0 amide bonds. The van der Waals surface area contributed by atoms with Crippen LogP contribution in [0, 0.1) is 17.8 Å². The molecule has 3 N–H and O–H groups in total. The number of aliphatic hydroxyl groups excluding tert-OH is 1. The van der Waals surface area contributed by atoms with Crippen molar-refractivity contribution in [2.24, 2.45) is 23.5 Å². The van der Waals surface area contributed by atoms with Gasteiger partial charge in [-0.25, -0.2) is 8.78 Å². The number of hydrogen-bond acceptors (Lipinski definition) is 4. The zero-order valence-corrected chi connectivity index (χ0v) is 15.1. The van der Waals surface area contributed by atoms with E-state index in [0.717, 1.165) is 25.7 Å². The molecule has 0 aromatic heterocycles. The van der Waals surface area contributed by atoms with Gasteiger partial charge in [0.2, 0.25) is 0 Å². The largest absolute Gasteiger partial charge is 0.466 e. The molecule has 0 saturated heterocycles. The first kappa shape index (κ1) is 21.3. The minimum atomic E-state index is -3.59. The van der Waals surface area contributed by atoms with E-state index in [1.54, 1.807) is 20.8 Å². The van der Waals surface area contributed by atoms with Gasteiger partial charge in [-0.1, -0.05) is 46.0 Å². The summed E-state index contributed by atoms with van der Waals surface area (Å²) in [5.41, 5.74) is 5.89. The van der Waals surface area contributed by atoms with Crippen molar-refractivity contribution in [2.75, 3.05) is 6.61 Å². The molecule has 0 bridgehead atoms. The summed E-state index contributed by atoms with van der Waals surface area (Å²) < 4.78 is 34.4. The zero-order valence-electron chi connectivity index (χ0n) is 15.1. The van der Waals surface area contributed by atoms with Crippen molar-refractivity contribution in [1.82, 2.24) is 0 Å². The maximum absolute atomic E-state index is 14.8. The van der Waals surface area contributed by atoms with Crippen LogP contribution in [0.2, 0.25) is 0 Å². The Morgan fingerprint density at radius 3 is 2.38 bits per heavy atom. The first-order valence-electron chi connectivity index (χ1n) is 9.18. The highest BCUT2D eigenvalue weighted by Crippen LogP contribution is 2.37. The Labute approximate surface area is 144 Å². The van der Waals surface area contributed by atoms with Gasteiger partial charge >= 0.3 is 5.97 Å². The Hall–Kier alpha value is -0.750. The molecule has 0 unspecified atom stereocenters. The van der Waals surface area contributed by atoms with Crippen molar-refractivity contribution in [2.45, 2.75) is 83.8 Å². The summed E-state index contributed by atoms with van der Waals surface area (Å²) >= 11 is 0. The molecule has 0 aromatic carbocycles. The second-order valence-corrected chi connectivity index (χ2v) is 7.46. The van der Waals surface area contributed by atoms with Gasteiger partial charge in [-0.15, -0.1) is 0 Å². The smallest absolute Gasteiger partial charge is 0.315 e. The number of ether oxygens (including phenoxy) is 1. The summed E-state index contributed by atoms with van der Waals surface area (Å²) in [6.07, 6.45) is 3.58. The fraction of sp³-hybridized carbons (Fsp3) is 0.944. The quantitative estimate of drug-likeness (QED) is 0.625. The predicted molar refractivity (Wildman–Crippen MR) is 89.7 cm³/mol. The van der Waals surface area contributed by atoms with Gasteiger partial charge in [0.15, 0.2) is 0 Å².